The second-order valence-electron chi connectivity index (χ2n) is 3.92. The quantitative estimate of drug-likeness (QED) is 0.448. The summed E-state index contributed by atoms with van der Waals surface area (Å²) in [5.74, 6) is 0.412. The van der Waals surface area contributed by atoms with Crippen LogP contribution < -0.4 is 0 Å². The number of hydrogen-bond acceptors (Lipinski definition) is 2. The van der Waals surface area contributed by atoms with Gasteiger partial charge >= 0.3 is 0 Å². The Labute approximate surface area is 80.4 Å². The third-order valence-corrected chi connectivity index (χ3v) is 4.50. The molecule has 0 spiro atoms. The molecule has 0 radical (unpaired) electrons. The predicted octanol–water partition coefficient (Wildman–Crippen LogP) is 0.293. The number of rotatable bonds is 1. The molecule has 2 atom stereocenters. The maximum absolute atomic E-state index is 11.7. The van der Waals surface area contributed by atoms with E-state index in [-0.39, 0.29) is 23.7 Å². The van der Waals surface area contributed by atoms with E-state index in [2.05, 4.69) is 0 Å². The summed E-state index contributed by atoms with van der Waals surface area (Å²) in [6.07, 6.45) is 4.14. The van der Waals surface area contributed by atoms with Gasteiger partial charge in [0.25, 0.3) is 0 Å². The molecule has 0 aromatic carbocycles. The number of hydrogen-bond donors (Lipinski definition) is 0. The normalized spacial score (nSPS) is 34.7. The van der Waals surface area contributed by atoms with E-state index >= 15 is 0 Å². The van der Waals surface area contributed by atoms with Crippen LogP contribution in [0.25, 0.3) is 0 Å². The predicted molar refractivity (Wildman–Crippen MR) is 51.7 cm³/mol. The summed E-state index contributed by atoms with van der Waals surface area (Å²) >= 11 is 0. The Morgan fingerprint density at radius 2 is 1.62 bits per heavy atom. The Morgan fingerprint density at radius 3 is 2.00 bits per heavy atom. The third kappa shape index (κ3) is 1.24. The first-order chi connectivity index (χ1) is 6.25. The molecule has 0 aromatic heterocycles. The molecule has 1 aliphatic heterocycles. The Bertz CT molecular complexity index is 230. The highest BCUT2D eigenvalue weighted by atomic mass is 28.2. The number of imide groups is 1. The van der Waals surface area contributed by atoms with Gasteiger partial charge in [0.15, 0.2) is 0 Å². The van der Waals surface area contributed by atoms with Gasteiger partial charge in [0.05, 0.1) is 0 Å². The summed E-state index contributed by atoms with van der Waals surface area (Å²) < 4.78 is 1.57. The highest BCUT2D eigenvalue weighted by molar-refractivity contribution is 6.42. The molecule has 3 nitrogen and oxygen atoms in total. The molecule has 2 rings (SSSR count). The molecule has 0 aromatic rings. The largest absolute Gasteiger partial charge is 0.317 e. The van der Waals surface area contributed by atoms with Crippen LogP contribution in [0.5, 0.6) is 0 Å². The SMILES string of the molecule is C[SiH2]N1C(=O)C2CCCCC2C1=O. The zero-order valence-corrected chi connectivity index (χ0v) is 9.37. The van der Waals surface area contributed by atoms with Crippen LogP contribution in [0.2, 0.25) is 6.55 Å². The second-order valence-corrected chi connectivity index (χ2v) is 5.18. The van der Waals surface area contributed by atoms with Crippen LogP contribution in [0.4, 0.5) is 0 Å². The van der Waals surface area contributed by atoms with Crippen molar-refractivity contribution in [1.82, 2.24) is 4.57 Å². The van der Waals surface area contributed by atoms with Gasteiger partial charge in [0.1, 0.15) is 9.68 Å². The number of carbonyl (C=O) groups is 2. The van der Waals surface area contributed by atoms with Crippen molar-refractivity contribution in [3.63, 3.8) is 0 Å². The molecule has 2 fully saturated rings. The highest BCUT2D eigenvalue weighted by Crippen LogP contribution is 2.37. The number of amides is 2. The first kappa shape index (κ1) is 8.93. The fraction of sp³-hybridized carbons (Fsp3) is 0.778. The molecule has 2 amide bonds. The lowest BCUT2D eigenvalue weighted by Crippen LogP contribution is -2.32. The molecule has 13 heavy (non-hydrogen) atoms. The van der Waals surface area contributed by atoms with Gasteiger partial charge in [-0.2, -0.15) is 0 Å². The zero-order chi connectivity index (χ0) is 9.42. The Morgan fingerprint density at radius 1 is 1.15 bits per heavy atom. The van der Waals surface area contributed by atoms with E-state index in [0.29, 0.717) is 0 Å². The summed E-state index contributed by atoms with van der Waals surface area (Å²) in [4.78, 5) is 23.4. The minimum absolute atomic E-state index is 0.0636. The van der Waals surface area contributed by atoms with Crippen LogP contribution in [0.3, 0.4) is 0 Å². The second kappa shape index (κ2) is 3.25. The molecule has 2 aliphatic rings. The molecular weight excluding hydrogens is 182 g/mol. The summed E-state index contributed by atoms with van der Waals surface area (Å²) in [7, 11) is -0.625. The topological polar surface area (TPSA) is 37.4 Å². The van der Waals surface area contributed by atoms with E-state index in [9.17, 15) is 9.59 Å². The van der Waals surface area contributed by atoms with Gasteiger partial charge in [-0.15, -0.1) is 0 Å². The van der Waals surface area contributed by atoms with Gasteiger partial charge in [-0.05, 0) is 12.8 Å². The van der Waals surface area contributed by atoms with Crippen LogP contribution in [0, 0.1) is 11.8 Å². The molecule has 1 saturated heterocycles. The molecule has 0 N–H and O–H groups in total. The van der Waals surface area contributed by atoms with Crippen molar-refractivity contribution in [2.45, 2.75) is 32.2 Å². The number of fused-ring (bicyclic) bond motifs is 1. The van der Waals surface area contributed by atoms with Gasteiger partial charge in [-0.1, -0.05) is 19.4 Å². The third-order valence-electron chi connectivity index (χ3n) is 3.25. The van der Waals surface area contributed by atoms with Crippen molar-refractivity contribution in [2.24, 2.45) is 11.8 Å². The summed E-state index contributed by atoms with van der Waals surface area (Å²) in [6.45, 7) is 2.01. The molecule has 1 saturated carbocycles. The molecule has 1 heterocycles. The van der Waals surface area contributed by atoms with Crippen molar-refractivity contribution in [3.05, 3.63) is 0 Å². The Hall–Kier alpha value is -0.643. The highest BCUT2D eigenvalue weighted by Gasteiger charge is 2.46. The van der Waals surface area contributed by atoms with Crippen molar-refractivity contribution in [1.29, 1.82) is 0 Å². The smallest absolute Gasteiger partial charge is 0.224 e. The maximum atomic E-state index is 11.7. The van der Waals surface area contributed by atoms with Crippen molar-refractivity contribution >= 4 is 21.5 Å². The fourth-order valence-corrected chi connectivity index (χ4v) is 3.64. The number of carbonyl (C=O) groups excluding carboxylic acids is 2. The van der Waals surface area contributed by atoms with E-state index in [1.54, 1.807) is 4.57 Å². The molecular formula is C9H15NO2Si. The minimum Gasteiger partial charge on any atom is -0.317 e. The molecule has 2 unspecified atom stereocenters. The van der Waals surface area contributed by atoms with E-state index in [1.807, 2.05) is 6.55 Å². The maximum Gasteiger partial charge on any atom is 0.224 e. The van der Waals surface area contributed by atoms with E-state index < -0.39 is 9.68 Å². The lowest BCUT2D eigenvalue weighted by Gasteiger charge is -2.19. The first-order valence-electron chi connectivity index (χ1n) is 5.11. The molecule has 4 heteroatoms. The lowest BCUT2D eigenvalue weighted by molar-refractivity contribution is -0.134. The Balaban J connectivity index is 2.22. The molecule has 1 aliphatic carbocycles. The van der Waals surface area contributed by atoms with Crippen LogP contribution in [-0.4, -0.2) is 26.1 Å². The summed E-state index contributed by atoms with van der Waals surface area (Å²) in [5.41, 5.74) is 0. The van der Waals surface area contributed by atoms with Crippen molar-refractivity contribution < 1.29 is 9.59 Å². The minimum atomic E-state index is -0.625. The average molecular weight is 197 g/mol. The number of nitrogens with zero attached hydrogens (tertiary/aromatic N) is 1. The van der Waals surface area contributed by atoms with Gasteiger partial charge in [0.2, 0.25) is 11.8 Å². The lowest BCUT2D eigenvalue weighted by atomic mass is 9.81. The van der Waals surface area contributed by atoms with Gasteiger partial charge < -0.3 is 4.57 Å². The fourth-order valence-electron chi connectivity index (χ4n) is 2.54. The molecule has 72 valence electrons. The van der Waals surface area contributed by atoms with Gasteiger partial charge in [-0.25, -0.2) is 0 Å². The standard InChI is InChI=1S/C9H15NO2Si/c1-13-10-8(11)6-4-2-3-5-7(6)9(10)12/h6-7H,2-5,13H2,1H3. The van der Waals surface area contributed by atoms with E-state index in [4.69, 9.17) is 0 Å². The molecule has 0 bridgehead atoms. The van der Waals surface area contributed by atoms with Crippen LogP contribution in [-0.2, 0) is 9.59 Å². The van der Waals surface area contributed by atoms with Crippen LogP contribution >= 0.6 is 0 Å². The van der Waals surface area contributed by atoms with E-state index in [1.165, 1.54) is 0 Å². The van der Waals surface area contributed by atoms with Crippen molar-refractivity contribution in [3.8, 4) is 0 Å². The Kier molecular flexibility index (Phi) is 2.23. The van der Waals surface area contributed by atoms with E-state index in [0.717, 1.165) is 25.7 Å². The van der Waals surface area contributed by atoms with Gasteiger partial charge in [0, 0.05) is 11.8 Å². The van der Waals surface area contributed by atoms with Gasteiger partial charge in [-0.3, -0.25) is 9.59 Å². The summed E-state index contributed by atoms with van der Waals surface area (Å²) in [5, 5.41) is 0. The van der Waals surface area contributed by atoms with Crippen LogP contribution in [0.1, 0.15) is 25.7 Å². The van der Waals surface area contributed by atoms with Crippen LogP contribution in [0.15, 0.2) is 0 Å². The zero-order valence-electron chi connectivity index (χ0n) is 7.95. The van der Waals surface area contributed by atoms with Crippen molar-refractivity contribution in [2.75, 3.05) is 0 Å². The monoisotopic (exact) mass is 197 g/mol. The average Bonchev–Trinajstić information content (AvgIpc) is 2.41. The summed E-state index contributed by atoms with van der Waals surface area (Å²) in [6, 6.07) is 0. The first-order valence-corrected chi connectivity index (χ1v) is 7.15.